The molecule has 5 nitrogen and oxygen atoms in total. The van der Waals surface area contributed by atoms with Crippen LogP contribution in [0, 0.1) is 11.3 Å². The molecule has 1 N–H and O–H groups in total. The highest BCUT2D eigenvalue weighted by molar-refractivity contribution is 5.76. The van der Waals surface area contributed by atoms with Gasteiger partial charge in [0.05, 0.1) is 26.4 Å². The summed E-state index contributed by atoms with van der Waals surface area (Å²) in [6.45, 7) is 4.26. The first-order chi connectivity index (χ1) is 8.43. The van der Waals surface area contributed by atoms with Crippen molar-refractivity contribution in [2.75, 3.05) is 20.3 Å². The van der Waals surface area contributed by atoms with Gasteiger partial charge in [0.2, 0.25) is 0 Å². The molecule has 5 heteroatoms. The average Bonchev–Trinajstić information content (AvgIpc) is 2.38. The van der Waals surface area contributed by atoms with Crippen LogP contribution in [-0.4, -0.2) is 43.3 Å². The van der Waals surface area contributed by atoms with Crippen LogP contribution in [0.3, 0.4) is 0 Å². The standard InChI is InChI=1S/C13H22O5/c1-9-10(14)5-4-6-13(9)17-7-12(2,8-18-13)11(15)16-3/h9-10,14H,4-8H2,1-3H3. The Labute approximate surface area is 107 Å². The van der Waals surface area contributed by atoms with Gasteiger partial charge in [-0.15, -0.1) is 0 Å². The fourth-order valence-corrected chi connectivity index (χ4v) is 2.75. The topological polar surface area (TPSA) is 65.0 Å². The Kier molecular flexibility index (Phi) is 3.67. The van der Waals surface area contributed by atoms with Gasteiger partial charge in [-0.05, 0) is 19.8 Å². The highest BCUT2D eigenvalue weighted by Gasteiger charge is 2.52. The maximum absolute atomic E-state index is 11.7. The van der Waals surface area contributed by atoms with E-state index in [1.807, 2.05) is 6.92 Å². The van der Waals surface area contributed by atoms with E-state index in [2.05, 4.69) is 0 Å². The minimum atomic E-state index is -0.748. The van der Waals surface area contributed by atoms with Crippen LogP contribution in [-0.2, 0) is 19.0 Å². The maximum atomic E-state index is 11.7. The lowest BCUT2D eigenvalue weighted by molar-refractivity contribution is -0.339. The Bertz CT molecular complexity index is 319. The van der Waals surface area contributed by atoms with Crippen molar-refractivity contribution in [3.05, 3.63) is 0 Å². The molecule has 0 radical (unpaired) electrons. The number of rotatable bonds is 1. The fourth-order valence-electron chi connectivity index (χ4n) is 2.75. The van der Waals surface area contributed by atoms with E-state index in [1.165, 1.54) is 7.11 Å². The Hall–Kier alpha value is -0.650. The minimum Gasteiger partial charge on any atom is -0.468 e. The average molecular weight is 258 g/mol. The largest absolute Gasteiger partial charge is 0.468 e. The number of hydrogen-bond acceptors (Lipinski definition) is 5. The highest BCUT2D eigenvalue weighted by Crippen LogP contribution is 2.43. The minimum absolute atomic E-state index is 0.0755. The van der Waals surface area contributed by atoms with Gasteiger partial charge in [-0.3, -0.25) is 4.79 Å². The van der Waals surface area contributed by atoms with E-state index < -0.39 is 17.3 Å². The van der Waals surface area contributed by atoms with E-state index in [1.54, 1.807) is 6.92 Å². The molecule has 2 rings (SSSR count). The summed E-state index contributed by atoms with van der Waals surface area (Å²) in [5, 5.41) is 9.93. The molecular formula is C13H22O5. The Morgan fingerprint density at radius 2 is 2.00 bits per heavy atom. The highest BCUT2D eigenvalue weighted by atomic mass is 16.7. The molecule has 1 saturated heterocycles. The second-order valence-electron chi connectivity index (χ2n) is 5.69. The van der Waals surface area contributed by atoms with Crippen LogP contribution in [0.4, 0.5) is 0 Å². The van der Waals surface area contributed by atoms with Crippen molar-refractivity contribution in [2.45, 2.75) is 45.0 Å². The van der Waals surface area contributed by atoms with Crippen LogP contribution in [0.5, 0.6) is 0 Å². The predicted molar refractivity (Wildman–Crippen MR) is 63.8 cm³/mol. The van der Waals surface area contributed by atoms with E-state index in [0.29, 0.717) is 0 Å². The summed E-state index contributed by atoms with van der Waals surface area (Å²) < 4.78 is 16.5. The molecule has 2 fully saturated rings. The fraction of sp³-hybridized carbons (Fsp3) is 0.923. The molecule has 0 amide bonds. The van der Waals surface area contributed by atoms with E-state index in [4.69, 9.17) is 14.2 Å². The van der Waals surface area contributed by atoms with E-state index >= 15 is 0 Å². The number of carbonyl (C=O) groups excluding carboxylic acids is 1. The van der Waals surface area contributed by atoms with Crippen LogP contribution in [0.2, 0.25) is 0 Å². The van der Waals surface area contributed by atoms with Crippen molar-refractivity contribution in [3.8, 4) is 0 Å². The summed E-state index contributed by atoms with van der Waals surface area (Å²) in [4.78, 5) is 11.7. The normalized spacial score (nSPS) is 44.9. The predicted octanol–water partition coefficient (Wildman–Crippen LogP) is 1.09. The molecule has 2 aliphatic rings. The van der Waals surface area contributed by atoms with Gasteiger partial charge in [0.15, 0.2) is 5.79 Å². The molecule has 1 aliphatic carbocycles. The van der Waals surface area contributed by atoms with Crippen molar-refractivity contribution < 1.29 is 24.1 Å². The molecular weight excluding hydrogens is 236 g/mol. The van der Waals surface area contributed by atoms with Crippen LogP contribution < -0.4 is 0 Å². The van der Waals surface area contributed by atoms with E-state index in [0.717, 1.165) is 19.3 Å². The third kappa shape index (κ3) is 2.15. The molecule has 18 heavy (non-hydrogen) atoms. The molecule has 2 unspecified atom stereocenters. The third-order valence-corrected chi connectivity index (χ3v) is 4.24. The molecule has 104 valence electrons. The number of hydrogen-bond donors (Lipinski definition) is 1. The van der Waals surface area contributed by atoms with Gasteiger partial charge >= 0.3 is 5.97 Å². The van der Waals surface area contributed by atoms with E-state index in [-0.39, 0.29) is 25.1 Å². The summed E-state index contributed by atoms with van der Waals surface area (Å²) >= 11 is 0. The maximum Gasteiger partial charge on any atom is 0.316 e. The van der Waals surface area contributed by atoms with Gasteiger partial charge in [-0.25, -0.2) is 0 Å². The molecule has 0 aromatic carbocycles. The number of aliphatic hydroxyl groups is 1. The van der Waals surface area contributed by atoms with Crippen LogP contribution in [0.25, 0.3) is 0 Å². The Balaban J connectivity index is 2.07. The summed E-state index contributed by atoms with van der Waals surface area (Å²) in [7, 11) is 1.37. The quantitative estimate of drug-likeness (QED) is 0.713. The van der Waals surface area contributed by atoms with Gasteiger partial charge in [0, 0.05) is 12.3 Å². The monoisotopic (exact) mass is 258 g/mol. The summed E-state index contributed by atoms with van der Waals surface area (Å²) in [6, 6.07) is 0. The zero-order chi connectivity index (χ0) is 13.4. The summed E-state index contributed by atoms with van der Waals surface area (Å²) in [6.07, 6.45) is 2.02. The Morgan fingerprint density at radius 3 is 2.56 bits per heavy atom. The molecule has 1 spiro atoms. The second-order valence-corrected chi connectivity index (χ2v) is 5.69. The molecule has 1 saturated carbocycles. The Morgan fingerprint density at radius 1 is 1.39 bits per heavy atom. The van der Waals surface area contributed by atoms with Gasteiger partial charge in [0.1, 0.15) is 5.41 Å². The van der Waals surface area contributed by atoms with Crippen LogP contribution in [0.15, 0.2) is 0 Å². The first-order valence-electron chi connectivity index (χ1n) is 6.48. The lowest BCUT2D eigenvalue weighted by Crippen LogP contribution is -2.58. The van der Waals surface area contributed by atoms with Crippen molar-refractivity contribution in [1.82, 2.24) is 0 Å². The first kappa shape index (κ1) is 13.8. The van der Waals surface area contributed by atoms with Crippen molar-refractivity contribution in [1.29, 1.82) is 0 Å². The van der Waals surface area contributed by atoms with Gasteiger partial charge < -0.3 is 19.3 Å². The summed E-state index contributed by atoms with van der Waals surface area (Å²) in [5.41, 5.74) is -0.748. The first-order valence-corrected chi connectivity index (χ1v) is 6.48. The van der Waals surface area contributed by atoms with Crippen molar-refractivity contribution >= 4 is 5.97 Å². The molecule has 2 atom stereocenters. The zero-order valence-corrected chi connectivity index (χ0v) is 11.3. The number of aliphatic hydroxyl groups excluding tert-OH is 1. The van der Waals surface area contributed by atoms with Gasteiger partial charge in [-0.2, -0.15) is 0 Å². The molecule has 0 bridgehead atoms. The number of methoxy groups -OCH3 is 1. The molecule has 1 heterocycles. The third-order valence-electron chi connectivity index (χ3n) is 4.24. The SMILES string of the molecule is COC(=O)C1(C)COC2(CCCC(O)C2C)OC1. The number of esters is 1. The molecule has 1 aliphatic heterocycles. The lowest BCUT2D eigenvalue weighted by atomic mass is 9.80. The number of carbonyl (C=O) groups is 1. The zero-order valence-electron chi connectivity index (χ0n) is 11.3. The van der Waals surface area contributed by atoms with Crippen LogP contribution in [0.1, 0.15) is 33.1 Å². The lowest BCUT2D eigenvalue weighted by Gasteiger charge is -2.49. The summed E-state index contributed by atoms with van der Waals surface area (Å²) in [5.74, 6) is -1.12. The molecule has 0 aromatic heterocycles. The van der Waals surface area contributed by atoms with Crippen LogP contribution >= 0.6 is 0 Å². The molecule has 0 aromatic rings. The second kappa shape index (κ2) is 4.79. The van der Waals surface area contributed by atoms with Crippen molar-refractivity contribution in [3.63, 3.8) is 0 Å². The van der Waals surface area contributed by atoms with Crippen molar-refractivity contribution in [2.24, 2.45) is 11.3 Å². The smallest absolute Gasteiger partial charge is 0.316 e. The van der Waals surface area contributed by atoms with Gasteiger partial charge in [-0.1, -0.05) is 6.92 Å². The number of ether oxygens (including phenoxy) is 3. The van der Waals surface area contributed by atoms with Gasteiger partial charge in [0.25, 0.3) is 0 Å². The van der Waals surface area contributed by atoms with E-state index in [9.17, 15) is 9.90 Å².